The fourth-order valence-corrected chi connectivity index (χ4v) is 1.53. The van der Waals surface area contributed by atoms with E-state index in [0.29, 0.717) is 0 Å². The van der Waals surface area contributed by atoms with Crippen LogP contribution in [-0.2, 0) is 11.3 Å². The summed E-state index contributed by atoms with van der Waals surface area (Å²) in [6, 6.07) is 4.77. The molecule has 1 aliphatic heterocycles. The molecule has 0 unspecified atom stereocenters. The molecule has 1 aromatic rings. The second-order valence-corrected chi connectivity index (χ2v) is 2.81. The van der Waals surface area contributed by atoms with Crippen LogP contribution in [0.15, 0.2) is 18.2 Å². The van der Waals surface area contributed by atoms with Crippen LogP contribution in [0.25, 0.3) is 0 Å². The fraction of sp³-hybridized carbons (Fsp3) is 0.333. The zero-order chi connectivity index (χ0) is 8.55. The highest BCUT2D eigenvalue weighted by Crippen LogP contribution is 2.27. The summed E-state index contributed by atoms with van der Waals surface area (Å²) in [7, 11) is 1.62. The fourth-order valence-electron chi connectivity index (χ4n) is 1.53. The van der Waals surface area contributed by atoms with E-state index in [9.17, 15) is 4.39 Å². The van der Waals surface area contributed by atoms with E-state index in [4.69, 9.17) is 4.84 Å². The largest absolute Gasteiger partial charge is 0.277 e. The second kappa shape index (κ2) is 2.75. The monoisotopic (exact) mass is 167 g/mol. The molecule has 0 aromatic heterocycles. The van der Waals surface area contributed by atoms with E-state index in [1.54, 1.807) is 24.3 Å². The van der Waals surface area contributed by atoms with Gasteiger partial charge >= 0.3 is 0 Å². The van der Waals surface area contributed by atoms with Gasteiger partial charge in [0.1, 0.15) is 5.82 Å². The Morgan fingerprint density at radius 1 is 1.50 bits per heavy atom. The average Bonchev–Trinajstić information content (AvgIpc) is 2.46. The van der Waals surface area contributed by atoms with Gasteiger partial charge in [0.25, 0.3) is 0 Å². The van der Waals surface area contributed by atoms with Gasteiger partial charge in [-0.15, -0.1) is 0 Å². The van der Waals surface area contributed by atoms with Gasteiger partial charge in [0, 0.05) is 6.54 Å². The van der Waals surface area contributed by atoms with Gasteiger partial charge in [-0.2, -0.15) is 0 Å². The predicted molar refractivity (Wildman–Crippen MR) is 44.5 cm³/mol. The highest BCUT2D eigenvalue weighted by Gasteiger charge is 2.18. The Labute approximate surface area is 70.5 Å². The Morgan fingerprint density at radius 2 is 2.33 bits per heavy atom. The first-order chi connectivity index (χ1) is 5.81. The van der Waals surface area contributed by atoms with Gasteiger partial charge in [-0.1, -0.05) is 0 Å². The van der Waals surface area contributed by atoms with E-state index in [1.165, 1.54) is 6.07 Å². The lowest BCUT2D eigenvalue weighted by Crippen LogP contribution is -2.17. The summed E-state index contributed by atoms with van der Waals surface area (Å²) in [5.74, 6) is -0.174. The van der Waals surface area contributed by atoms with E-state index in [-0.39, 0.29) is 5.82 Å². The zero-order valence-corrected chi connectivity index (χ0v) is 6.88. The van der Waals surface area contributed by atoms with Gasteiger partial charge in [-0.3, -0.25) is 9.90 Å². The van der Waals surface area contributed by atoms with E-state index in [1.807, 2.05) is 0 Å². The van der Waals surface area contributed by atoms with Crippen LogP contribution in [0, 0.1) is 5.82 Å². The molecule has 12 heavy (non-hydrogen) atoms. The predicted octanol–water partition coefficient (Wildman–Crippen LogP) is 1.75. The average molecular weight is 167 g/mol. The molecule has 0 radical (unpaired) electrons. The third kappa shape index (κ3) is 1.06. The summed E-state index contributed by atoms with van der Waals surface area (Å²) >= 11 is 0. The molecule has 64 valence electrons. The van der Waals surface area contributed by atoms with Crippen molar-refractivity contribution in [1.29, 1.82) is 0 Å². The molecule has 2 rings (SSSR count). The van der Waals surface area contributed by atoms with Gasteiger partial charge in [0.2, 0.25) is 0 Å². The number of hydrogen-bond donors (Lipinski definition) is 0. The van der Waals surface area contributed by atoms with Crippen molar-refractivity contribution < 1.29 is 9.23 Å². The van der Waals surface area contributed by atoms with E-state index < -0.39 is 0 Å². The number of fused-ring (bicyclic) bond motifs is 1. The lowest BCUT2D eigenvalue weighted by atomic mass is 10.2. The standard InChI is InChI=1S/C9H10FNO/c1-12-11-5-4-7-6-8(10)2-3-9(7)11/h2-3,6H,4-5H2,1H3. The Bertz CT molecular complexity index is 301. The first-order valence-corrected chi connectivity index (χ1v) is 3.91. The molecule has 0 saturated carbocycles. The molecule has 0 amide bonds. The lowest BCUT2D eigenvalue weighted by Gasteiger charge is -2.14. The Morgan fingerprint density at radius 3 is 3.08 bits per heavy atom. The summed E-state index contributed by atoms with van der Waals surface area (Å²) in [4.78, 5) is 5.09. The molecular formula is C9H10FNO. The van der Waals surface area contributed by atoms with Gasteiger partial charge in [-0.05, 0) is 30.2 Å². The van der Waals surface area contributed by atoms with Crippen molar-refractivity contribution in [2.75, 3.05) is 18.7 Å². The smallest absolute Gasteiger partial charge is 0.123 e. The number of hydrogen-bond acceptors (Lipinski definition) is 2. The highest BCUT2D eigenvalue weighted by atomic mass is 19.1. The number of halogens is 1. The van der Waals surface area contributed by atoms with Gasteiger partial charge in [0.15, 0.2) is 0 Å². The molecule has 1 aromatic carbocycles. The first kappa shape index (κ1) is 7.55. The minimum atomic E-state index is -0.174. The normalized spacial score (nSPS) is 15.0. The number of nitrogens with zero attached hydrogens (tertiary/aromatic N) is 1. The summed E-state index contributed by atoms with van der Waals surface area (Å²) < 4.78 is 12.7. The number of rotatable bonds is 1. The Hall–Kier alpha value is -1.09. The van der Waals surface area contributed by atoms with Crippen LogP contribution in [0.4, 0.5) is 10.1 Å². The maximum absolute atomic E-state index is 12.7. The van der Waals surface area contributed by atoms with E-state index in [0.717, 1.165) is 24.2 Å². The molecule has 1 aliphatic rings. The minimum absolute atomic E-state index is 0.174. The van der Waals surface area contributed by atoms with Crippen LogP contribution >= 0.6 is 0 Å². The van der Waals surface area contributed by atoms with E-state index >= 15 is 0 Å². The van der Waals surface area contributed by atoms with E-state index in [2.05, 4.69) is 0 Å². The van der Waals surface area contributed by atoms with Crippen molar-refractivity contribution in [3.05, 3.63) is 29.6 Å². The van der Waals surface area contributed by atoms with Crippen molar-refractivity contribution in [1.82, 2.24) is 0 Å². The quantitative estimate of drug-likeness (QED) is 0.631. The van der Waals surface area contributed by atoms with Crippen molar-refractivity contribution in [2.45, 2.75) is 6.42 Å². The third-order valence-corrected chi connectivity index (χ3v) is 2.11. The van der Waals surface area contributed by atoms with Crippen LogP contribution in [0.1, 0.15) is 5.56 Å². The summed E-state index contributed by atoms with van der Waals surface area (Å²) in [5.41, 5.74) is 2.01. The van der Waals surface area contributed by atoms with Crippen LogP contribution in [0.2, 0.25) is 0 Å². The Kier molecular flexibility index (Phi) is 1.73. The molecule has 0 atom stereocenters. The third-order valence-electron chi connectivity index (χ3n) is 2.11. The summed E-state index contributed by atoms with van der Waals surface area (Å²) in [6.07, 6.45) is 0.862. The second-order valence-electron chi connectivity index (χ2n) is 2.81. The Balaban J connectivity index is 2.40. The molecule has 0 saturated heterocycles. The molecule has 2 nitrogen and oxygen atoms in total. The summed E-state index contributed by atoms with van der Waals surface area (Å²) in [6.45, 7) is 0.815. The maximum atomic E-state index is 12.7. The van der Waals surface area contributed by atoms with Crippen LogP contribution in [0.3, 0.4) is 0 Å². The molecule has 0 fully saturated rings. The molecule has 1 heterocycles. The van der Waals surface area contributed by atoms with Crippen LogP contribution in [0.5, 0.6) is 0 Å². The molecule has 0 bridgehead atoms. The number of anilines is 1. The molecular weight excluding hydrogens is 157 g/mol. The minimum Gasteiger partial charge on any atom is -0.277 e. The molecule has 0 N–H and O–H groups in total. The maximum Gasteiger partial charge on any atom is 0.123 e. The van der Waals surface area contributed by atoms with Gasteiger partial charge < -0.3 is 0 Å². The zero-order valence-electron chi connectivity index (χ0n) is 6.88. The SMILES string of the molecule is CON1CCc2cc(F)ccc21. The molecule has 3 heteroatoms. The van der Waals surface area contributed by atoms with Gasteiger partial charge in [0.05, 0.1) is 12.8 Å². The van der Waals surface area contributed by atoms with Crippen molar-refractivity contribution >= 4 is 5.69 Å². The topological polar surface area (TPSA) is 12.5 Å². The van der Waals surface area contributed by atoms with Crippen LogP contribution < -0.4 is 5.06 Å². The van der Waals surface area contributed by atoms with Crippen molar-refractivity contribution in [3.63, 3.8) is 0 Å². The van der Waals surface area contributed by atoms with Crippen LogP contribution in [-0.4, -0.2) is 13.7 Å². The molecule has 0 aliphatic carbocycles. The molecule has 0 spiro atoms. The lowest BCUT2D eigenvalue weighted by molar-refractivity contribution is 0.174. The first-order valence-electron chi connectivity index (χ1n) is 3.91. The number of hydroxylamine groups is 1. The van der Waals surface area contributed by atoms with Crippen molar-refractivity contribution in [3.8, 4) is 0 Å². The van der Waals surface area contributed by atoms with Gasteiger partial charge in [-0.25, -0.2) is 4.39 Å². The number of benzene rings is 1. The summed E-state index contributed by atoms with van der Waals surface area (Å²) in [5, 5.41) is 1.77. The highest BCUT2D eigenvalue weighted by molar-refractivity contribution is 5.55. The van der Waals surface area contributed by atoms with Crippen molar-refractivity contribution in [2.24, 2.45) is 0 Å².